The average molecular weight is 496 g/mol. The Hall–Kier alpha value is -2.61. The number of aromatic nitrogens is 2. The van der Waals surface area contributed by atoms with E-state index >= 15 is 0 Å². The SMILES string of the molecule is CC1CN(c2cc(Oc3ccc(Cl)cc3F)ncn2)CCN1C(=O)c1ccc(Cl)c(Cl)c1. The third kappa shape index (κ3) is 4.90. The van der Waals surface area contributed by atoms with Crippen molar-refractivity contribution in [1.29, 1.82) is 0 Å². The van der Waals surface area contributed by atoms with Crippen molar-refractivity contribution >= 4 is 46.5 Å². The summed E-state index contributed by atoms with van der Waals surface area (Å²) >= 11 is 17.8. The molecule has 0 radical (unpaired) electrons. The van der Waals surface area contributed by atoms with Crippen molar-refractivity contribution in [2.75, 3.05) is 24.5 Å². The van der Waals surface area contributed by atoms with E-state index in [9.17, 15) is 9.18 Å². The molecule has 32 heavy (non-hydrogen) atoms. The zero-order chi connectivity index (χ0) is 22.8. The molecular weight excluding hydrogens is 478 g/mol. The Labute approximate surface area is 199 Å². The molecule has 1 aliphatic heterocycles. The fourth-order valence-corrected chi connectivity index (χ4v) is 3.95. The van der Waals surface area contributed by atoms with Gasteiger partial charge in [-0.3, -0.25) is 4.79 Å². The van der Waals surface area contributed by atoms with Gasteiger partial charge in [0.25, 0.3) is 5.91 Å². The summed E-state index contributed by atoms with van der Waals surface area (Å²) in [5.41, 5.74) is 0.488. The lowest BCUT2D eigenvalue weighted by molar-refractivity contribution is 0.0673. The third-order valence-electron chi connectivity index (χ3n) is 5.11. The summed E-state index contributed by atoms with van der Waals surface area (Å²) in [5, 5.41) is 1.02. The molecule has 2 aromatic carbocycles. The highest BCUT2D eigenvalue weighted by atomic mass is 35.5. The van der Waals surface area contributed by atoms with Crippen molar-refractivity contribution in [2.45, 2.75) is 13.0 Å². The Bertz CT molecular complexity index is 1160. The van der Waals surface area contributed by atoms with Gasteiger partial charge in [0.2, 0.25) is 5.88 Å². The van der Waals surface area contributed by atoms with Gasteiger partial charge in [-0.1, -0.05) is 34.8 Å². The van der Waals surface area contributed by atoms with Crippen LogP contribution in [-0.4, -0.2) is 46.5 Å². The summed E-state index contributed by atoms with van der Waals surface area (Å²) in [7, 11) is 0. The lowest BCUT2D eigenvalue weighted by atomic mass is 10.1. The van der Waals surface area contributed by atoms with Gasteiger partial charge in [0.15, 0.2) is 11.6 Å². The molecule has 3 aromatic rings. The minimum atomic E-state index is -0.583. The number of piperazine rings is 1. The number of carbonyl (C=O) groups excluding carboxylic acids is 1. The van der Waals surface area contributed by atoms with E-state index < -0.39 is 5.82 Å². The molecule has 1 aliphatic rings. The Morgan fingerprint density at radius 3 is 2.59 bits per heavy atom. The molecule has 1 amide bonds. The number of benzene rings is 2. The molecule has 1 atom stereocenters. The van der Waals surface area contributed by atoms with E-state index in [0.717, 1.165) is 0 Å². The van der Waals surface area contributed by atoms with Gasteiger partial charge in [0.1, 0.15) is 12.1 Å². The molecule has 1 unspecified atom stereocenters. The van der Waals surface area contributed by atoms with Gasteiger partial charge in [0.05, 0.1) is 10.0 Å². The minimum Gasteiger partial charge on any atom is -0.436 e. The smallest absolute Gasteiger partial charge is 0.254 e. The maximum atomic E-state index is 14.0. The standard InChI is InChI=1S/C22H18Cl3FN4O2/c1-13-11-29(6-7-30(13)22(31)14-2-4-16(24)17(25)8-14)20-10-21(28-12-27-20)32-19-5-3-15(23)9-18(19)26/h2-5,8-10,12-13H,6-7,11H2,1H3. The summed E-state index contributed by atoms with van der Waals surface area (Å²) in [6, 6.07) is 10.6. The van der Waals surface area contributed by atoms with Crippen molar-refractivity contribution in [3.63, 3.8) is 0 Å². The fourth-order valence-electron chi connectivity index (χ4n) is 3.49. The number of amides is 1. The van der Waals surface area contributed by atoms with Crippen molar-refractivity contribution in [1.82, 2.24) is 14.9 Å². The zero-order valence-electron chi connectivity index (χ0n) is 16.9. The van der Waals surface area contributed by atoms with E-state index in [1.165, 1.54) is 24.5 Å². The van der Waals surface area contributed by atoms with Crippen LogP contribution >= 0.6 is 34.8 Å². The molecule has 10 heteroatoms. The topological polar surface area (TPSA) is 58.6 Å². The van der Waals surface area contributed by atoms with Crippen LogP contribution in [0.5, 0.6) is 11.6 Å². The van der Waals surface area contributed by atoms with Crippen LogP contribution in [0.1, 0.15) is 17.3 Å². The first-order valence-electron chi connectivity index (χ1n) is 9.78. The molecule has 1 aromatic heterocycles. The molecule has 1 saturated heterocycles. The summed E-state index contributed by atoms with van der Waals surface area (Å²) < 4.78 is 19.6. The summed E-state index contributed by atoms with van der Waals surface area (Å²) in [6.07, 6.45) is 1.36. The predicted molar refractivity (Wildman–Crippen MR) is 123 cm³/mol. The Balaban J connectivity index is 1.45. The predicted octanol–water partition coefficient (Wildman–Crippen LogP) is 5.72. The number of nitrogens with zero attached hydrogens (tertiary/aromatic N) is 4. The van der Waals surface area contributed by atoms with Crippen LogP contribution in [0.4, 0.5) is 10.2 Å². The Morgan fingerprint density at radius 2 is 1.88 bits per heavy atom. The molecule has 166 valence electrons. The first-order valence-corrected chi connectivity index (χ1v) is 10.9. The molecule has 0 saturated carbocycles. The van der Waals surface area contributed by atoms with E-state index in [-0.39, 0.29) is 28.6 Å². The zero-order valence-corrected chi connectivity index (χ0v) is 19.2. The molecule has 0 aliphatic carbocycles. The van der Waals surface area contributed by atoms with Crippen molar-refractivity contribution in [2.24, 2.45) is 0 Å². The normalized spacial score (nSPS) is 16.2. The number of rotatable bonds is 4. The van der Waals surface area contributed by atoms with Gasteiger partial charge in [-0.15, -0.1) is 0 Å². The van der Waals surface area contributed by atoms with E-state index in [2.05, 4.69) is 9.97 Å². The second-order valence-corrected chi connectivity index (χ2v) is 8.56. The van der Waals surface area contributed by atoms with Gasteiger partial charge in [-0.05, 0) is 43.3 Å². The lowest BCUT2D eigenvalue weighted by Gasteiger charge is -2.40. The van der Waals surface area contributed by atoms with Crippen LogP contribution in [0.25, 0.3) is 0 Å². The van der Waals surface area contributed by atoms with Gasteiger partial charge in [-0.2, -0.15) is 0 Å². The third-order valence-corrected chi connectivity index (χ3v) is 6.09. The maximum Gasteiger partial charge on any atom is 0.254 e. The fraction of sp³-hybridized carbons (Fsp3) is 0.227. The highest BCUT2D eigenvalue weighted by molar-refractivity contribution is 6.42. The van der Waals surface area contributed by atoms with Gasteiger partial charge < -0.3 is 14.5 Å². The van der Waals surface area contributed by atoms with Crippen molar-refractivity contribution < 1.29 is 13.9 Å². The molecule has 6 nitrogen and oxygen atoms in total. The monoisotopic (exact) mass is 494 g/mol. The quantitative estimate of drug-likeness (QED) is 0.463. The Kier molecular flexibility index (Phi) is 6.69. The number of anilines is 1. The van der Waals surface area contributed by atoms with Gasteiger partial charge in [-0.25, -0.2) is 14.4 Å². The first-order chi connectivity index (χ1) is 15.3. The molecule has 0 N–H and O–H groups in total. The van der Waals surface area contributed by atoms with Crippen LogP contribution in [-0.2, 0) is 0 Å². The summed E-state index contributed by atoms with van der Waals surface area (Å²) in [5.74, 6) is 0.154. The van der Waals surface area contributed by atoms with E-state index in [1.807, 2.05) is 11.8 Å². The number of ether oxygens (including phenoxy) is 1. The van der Waals surface area contributed by atoms with Crippen LogP contribution in [0.3, 0.4) is 0 Å². The molecule has 0 bridgehead atoms. The van der Waals surface area contributed by atoms with Crippen molar-refractivity contribution in [3.8, 4) is 11.6 Å². The van der Waals surface area contributed by atoms with E-state index in [4.69, 9.17) is 39.5 Å². The van der Waals surface area contributed by atoms with E-state index in [1.54, 1.807) is 29.2 Å². The highest BCUT2D eigenvalue weighted by Gasteiger charge is 2.29. The minimum absolute atomic E-state index is 0.0180. The van der Waals surface area contributed by atoms with Crippen LogP contribution in [0.15, 0.2) is 48.8 Å². The van der Waals surface area contributed by atoms with E-state index in [0.29, 0.717) is 41.1 Å². The van der Waals surface area contributed by atoms with Gasteiger partial charge >= 0.3 is 0 Å². The molecular formula is C22H18Cl3FN4O2. The average Bonchev–Trinajstić information content (AvgIpc) is 2.77. The highest BCUT2D eigenvalue weighted by Crippen LogP contribution is 2.28. The lowest BCUT2D eigenvalue weighted by Crippen LogP contribution is -2.54. The number of hydrogen-bond acceptors (Lipinski definition) is 5. The maximum absolute atomic E-state index is 14.0. The number of carbonyl (C=O) groups is 1. The molecule has 0 spiro atoms. The second-order valence-electron chi connectivity index (χ2n) is 7.31. The second kappa shape index (κ2) is 9.48. The first kappa shape index (κ1) is 22.6. The summed E-state index contributed by atoms with van der Waals surface area (Å²) in [6.45, 7) is 3.57. The molecule has 2 heterocycles. The molecule has 4 rings (SSSR count). The summed E-state index contributed by atoms with van der Waals surface area (Å²) in [4.78, 5) is 25.1. The molecule has 1 fully saturated rings. The van der Waals surface area contributed by atoms with Crippen LogP contribution in [0, 0.1) is 5.82 Å². The van der Waals surface area contributed by atoms with Crippen LogP contribution < -0.4 is 9.64 Å². The largest absolute Gasteiger partial charge is 0.436 e. The number of halogens is 4. The van der Waals surface area contributed by atoms with Gasteiger partial charge in [0, 0.05) is 42.3 Å². The number of hydrogen-bond donors (Lipinski definition) is 0. The van der Waals surface area contributed by atoms with Crippen molar-refractivity contribution in [3.05, 3.63) is 75.2 Å². The van der Waals surface area contributed by atoms with Crippen LogP contribution in [0.2, 0.25) is 15.1 Å². The Morgan fingerprint density at radius 1 is 1.06 bits per heavy atom.